The van der Waals surface area contributed by atoms with Crippen molar-refractivity contribution in [2.45, 2.75) is 55.6 Å². The van der Waals surface area contributed by atoms with Gasteiger partial charge in [-0.05, 0) is 31.7 Å². The summed E-state index contributed by atoms with van der Waals surface area (Å²) in [5.74, 6) is 0.442. The van der Waals surface area contributed by atoms with Gasteiger partial charge < -0.3 is 9.84 Å². The molecule has 6 nitrogen and oxygen atoms in total. The van der Waals surface area contributed by atoms with Crippen molar-refractivity contribution in [3.8, 4) is 5.88 Å². The number of aliphatic hydroxyl groups excluding tert-OH is 1. The monoisotopic (exact) mass is 340 g/mol. The van der Waals surface area contributed by atoms with E-state index >= 15 is 0 Å². The van der Waals surface area contributed by atoms with Crippen LogP contribution in [0.5, 0.6) is 5.88 Å². The zero-order chi connectivity index (χ0) is 16.4. The van der Waals surface area contributed by atoms with Crippen molar-refractivity contribution in [1.82, 2.24) is 9.29 Å². The smallest absolute Gasteiger partial charge is 0.244 e. The van der Waals surface area contributed by atoms with Gasteiger partial charge in [0.2, 0.25) is 15.9 Å². The highest BCUT2D eigenvalue weighted by Gasteiger charge is 2.42. The lowest BCUT2D eigenvalue weighted by Crippen LogP contribution is -2.45. The van der Waals surface area contributed by atoms with Crippen LogP contribution < -0.4 is 4.74 Å². The van der Waals surface area contributed by atoms with Gasteiger partial charge in [-0.3, -0.25) is 0 Å². The zero-order valence-corrected chi connectivity index (χ0v) is 14.2. The molecule has 1 aliphatic carbocycles. The molecule has 1 aromatic rings. The molecule has 1 aliphatic heterocycles. The number of nitrogens with zero attached hydrogens (tertiary/aromatic N) is 2. The van der Waals surface area contributed by atoms with E-state index in [1.807, 2.05) is 0 Å². The highest BCUT2D eigenvalue weighted by Crippen LogP contribution is 2.37. The molecule has 0 amide bonds. The molecule has 2 aliphatic rings. The van der Waals surface area contributed by atoms with Crippen LogP contribution in [0, 0.1) is 5.92 Å². The van der Waals surface area contributed by atoms with Gasteiger partial charge in [0.1, 0.15) is 4.90 Å². The van der Waals surface area contributed by atoms with Crippen molar-refractivity contribution in [2.75, 3.05) is 13.7 Å². The second-order valence-electron chi connectivity index (χ2n) is 6.38. The maximum atomic E-state index is 13.0. The van der Waals surface area contributed by atoms with Crippen molar-refractivity contribution < 1.29 is 18.3 Å². The van der Waals surface area contributed by atoms with E-state index in [0.29, 0.717) is 12.4 Å². The van der Waals surface area contributed by atoms with E-state index in [0.717, 1.165) is 38.5 Å². The van der Waals surface area contributed by atoms with Gasteiger partial charge in [0.25, 0.3) is 0 Å². The number of aliphatic hydroxyl groups is 1. The molecule has 0 bridgehead atoms. The minimum atomic E-state index is -3.58. The summed E-state index contributed by atoms with van der Waals surface area (Å²) in [6.07, 6.45) is 6.40. The highest BCUT2D eigenvalue weighted by atomic mass is 32.2. The SMILES string of the molecule is COc1ccc(S(=O)(=O)N2CCC[C@@H]2[C@H]2CCCC[C@@H]2O)cn1. The summed E-state index contributed by atoms with van der Waals surface area (Å²) in [7, 11) is -2.08. The number of methoxy groups -OCH3 is 1. The zero-order valence-electron chi connectivity index (χ0n) is 13.4. The van der Waals surface area contributed by atoms with Crippen LogP contribution in [-0.2, 0) is 10.0 Å². The molecular weight excluding hydrogens is 316 g/mol. The molecule has 2 heterocycles. The van der Waals surface area contributed by atoms with E-state index in [1.165, 1.54) is 19.4 Å². The summed E-state index contributed by atoms with van der Waals surface area (Å²) in [5, 5.41) is 10.3. The fraction of sp³-hybridized carbons (Fsp3) is 0.688. The van der Waals surface area contributed by atoms with Crippen molar-refractivity contribution in [2.24, 2.45) is 5.92 Å². The van der Waals surface area contributed by atoms with E-state index in [9.17, 15) is 13.5 Å². The number of rotatable bonds is 4. The lowest BCUT2D eigenvalue weighted by molar-refractivity contribution is 0.0386. The molecular formula is C16H24N2O4S. The summed E-state index contributed by atoms with van der Waals surface area (Å²) in [6, 6.07) is 3.00. The van der Waals surface area contributed by atoms with Crippen molar-refractivity contribution in [1.29, 1.82) is 0 Å². The van der Waals surface area contributed by atoms with Gasteiger partial charge in [-0.1, -0.05) is 12.8 Å². The molecule has 0 radical (unpaired) electrons. The Bertz CT molecular complexity index is 632. The van der Waals surface area contributed by atoms with Crippen LogP contribution in [0.15, 0.2) is 23.2 Å². The first kappa shape index (κ1) is 16.7. The predicted molar refractivity (Wildman–Crippen MR) is 85.7 cm³/mol. The molecule has 1 saturated carbocycles. The first-order valence-electron chi connectivity index (χ1n) is 8.24. The fourth-order valence-electron chi connectivity index (χ4n) is 3.86. The Morgan fingerprint density at radius 2 is 2.00 bits per heavy atom. The van der Waals surface area contributed by atoms with Gasteiger partial charge >= 0.3 is 0 Å². The number of hydrogen-bond donors (Lipinski definition) is 1. The summed E-state index contributed by atoms with van der Waals surface area (Å²) in [4.78, 5) is 4.20. The third-order valence-electron chi connectivity index (χ3n) is 5.05. The fourth-order valence-corrected chi connectivity index (χ4v) is 5.54. The van der Waals surface area contributed by atoms with Gasteiger partial charge in [0.05, 0.1) is 19.4 Å². The summed E-state index contributed by atoms with van der Waals surface area (Å²) in [5.41, 5.74) is 0. The largest absolute Gasteiger partial charge is 0.481 e. The number of aromatic nitrogens is 1. The first-order chi connectivity index (χ1) is 11.0. The summed E-state index contributed by atoms with van der Waals surface area (Å²) < 4.78 is 32.5. The van der Waals surface area contributed by atoms with Gasteiger partial charge in [-0.25, -0.2) is 13.4 Å². The van der Waals surface area contributed by atoms with Crippen LogP contribution in [0.3, 0.4) is 0 Å². The van der Waals surface area contributed by atoms with Crippen molar-refractivity contribution in [3.05, 3.63) is 18.3 Å². The Morgan fingerprint density at radius 3 is 2.65 bits per heavy atom. The van der Waals surface area contributed by atoms with Crippen LogP contribution >= 0.6 is 0 Å². The minimum Gasteiger partial charge on any atom is -0.481 e. The topological polar surface area (TPSA) is 79.7 Å². The number of sulfonamides is 1. The number of hydrogen-bond acceptors (Lipinski definition) is 5. The van der Waals surface area contributed by atoms with Crippen LogP contribution in [0.25, 0.3) is 0 Å². The average molecular weight is 340 g/mol. The molecule has 1 N–H and O–H groups in total. The van der Waals surface area contributed by atoms with Gasteiger partial charge in [0.15, 0.2) is 0 Å². The molecule has 3 atom stereocenters. The molecule has 0 spiro atoms. The van der Waals surface area contributed by atoms with Gasteiger partial charge in [-0.2, -0.15) is 4.31 Å². The molecule has 7 heteroatoms. The normalized spacial score (nSPS) is 29.6. The Labute approximate surface area is 137 Å². The van der Waals surface area contributed by atoms with Crippen LogP contribution in [0.1, 0.15) is 38.5 Å². The minimum absolute atomic E-state index is 0.0484. The molecule has 3 rings (SSSR count). The summed E-state index contributed by atoms with van der Waals surface area (Å²) in [6.45, 7) is 0.516. The maximum absolute atomic E-state index is 13.0. The second kappa shape index (κ2) is 6.75. The third kappa shape index (κ3) is 3.22. The van der Waals surface area contributed by atoms with Crippen molar-refractivity contribution in [3.63, 3.8) is 0 Å². The Hall–Kier alpha value is -1.18. The summed E-state index contributed by atoms with van der Waals surface area (Å²) >= 11 is 0. The molecule has 1 saturated heterocycles. The molecule has 1 aromatic heterocycles. The highest BCUT2D eigenvalue weighted by molar-refractivity contribution is 7.89. The standard InChI is InChI=1S/C16H24N2O4S/c1-22-16-9-8-12(11-17-16)23(20,21)18-10-4-6-14(18)13-5-2-3-7-15(13)19/h8-9,11,13-15,19H,2-7,10H2,1H3/t13-,14-,15+/m1/s1. The Kier molecular flexibility index (Phi) is 4.89. The number of pyridine rings is 1. The lowest BCUT2D eigenvalue weighted by atomic mass is 9.81. The molecule has 0 unspecified atom stereocenters. The molecule has 2 fully saturated rings. The van der Waals surface area contributed by atoms with E-state index < -0.39 is 16.1 Å². The quantitative estimate of drug-likeness (QED) is 0.904. The second-order valence-corrected chi connectivity index (χ2v) is 8.27. The van der Waals surface area contributed by atoms with Gasteiger partial charge in [-0.15, -0.1) is 0 Å². The van der Waals surface area contributed by atoms with E-state index in [4.69, 9.17) is 4.74 Å². The maximum Gasteiger partial charge on any atom is 0.244 e. The van der Waals surface area contributed by atoms with E-state index in [1.54, 1.807) is 10.4 Å². The Morgan fingerprint density at radius 1 is 1.22 bits per heavy atom. The third-order valence-corrected chi connectivity index (χ3v) is 6.96. The predicted octanol–water partition coefficient (Wildman–Crippen LogP) is 1.79. The number of ether oxygens (including phenoxy) is 1. The lowest BCUT2D eigenvalue weighted by Gasteiger charge is -2.36. The van der Waals surface area contributed by atoms with Crippen LogP contribution in [0.4, 0.5) is 0 Å². The van der Waals surface area contributed by atoms with Crippen molar-refractivity contribution >= 4 is 10.0 Å². The average Bonchev–Trinajstić information content (AvgIpc) is 3.05. The molecule has 128 valence electrons. The first-order valence-corrected chi connectivity index (χ1v) is 9.68. The van der Waals surface area contributed by atoms with Crippen LogP contribution in [0.2, 0.25) is 0 Å². The van der Waals surface area contributed by atoms with Gasteiger partial charge in [0, 0.05) is 24.6 Å². The molecule has 23 heavy (non-hydrogen) atoms. The van der Waals surface area contributed by atoms with Crippen LogP contribution in [-0.4, -0.2) is 48.6 Å². The Balaban J connectivity index is 1.85. The van der Waals surface area contributed by atoms with E-state index in [-0.39, 0.29) is 16.9 Å². The molecule has 0 aromatic carbocycles. The van der Waals surface area contributed by atoms with E-state index in [2.05, 4.69) is 4.98 Å².